The van der Waals surface area contributed by atoms with Crippen LogP contribution < -0.4 is 0 Å². The number of hydrogen-bond acceptors (Lipinski definition) is 5. The highest BCUT2D eigenvalue weighted by Gasteiger charge is 2.20. The van der Waals surface area contributed by atoms with E-state index in [1.54, 1.807) is 0 Å². The van der Waals surface area contributed by atoms with Gasteiger partial charge in [0.15, 0.2) is 0 Å². The standard InChI is InChI=1S/C10H15O5/c1-8(13-7-11)14-10(12)15-9-5-3-2-4-6-9/h8-9H,2-6H2,1H3. The molecule has 0 aromatic carbocycles. The third-order valence-corrected chi connectivity index (χ3v) is 2.29. The van der Waals surface area contributed by atoms with Gasteiger partial charge in [-0.2, -0.15) is 0 Å². The molecule has 1 rings (SSSR count). The predicted molar refractivity (Wildman–Crippen MR) is 50.7 cm³/mol. The maximum Gasteiger partial charge on any atom is 0.511 e. The van der Waals surface area contributed by atoms with Crippen LogP contribution in [0.1, 0.15) is 39.0 Å². The largest absolute Gasteiger partial charge is 0.511 e. The molecule has 0 aromatic heterocycles. The number of rotatable bonds is 4. The van der Waals surface area contributed by atoms with Gasteiger partial charge in [-0.05, 0) is 25.7 Å². The van der Waals surface area contributed by atoms with E-state index in [9.17, 15) is 9.59 Å². The van der Waals surface area contributed by atoms with Gasteiger partial charge in [0, 0.05) is 6.92 Å². The van der Waals surface area contributed by atoms with Crippen LogP contribution >= 0.6 is 0 Å². The average molecular weight is 215 g/mol. The summed E-state index contributed by atoms with van der Waals surface area (Å²) in [6.45, 7) is 2.62. The molecule has 0 heterocycles. The van der Waals surface area contributed by atoms with E-state index in [2.05, 4.69) is 9.47 Å². The van der Waals surface area contributed by atoms with Gasteiger partial charge in [0.25, 0.3) is 0 Å². The molecule has 15 heavy (non-hydrogen) atoms. The molecule has 1 radical (unpaired) electrons. The van der Waals surface area contributed by atoms with Crippen molar-refractivity contribution >= 4 is 12.6 Å². The number of hydrogen-bond donors (Lipinski definition) is 0. The fraction of sp³-hybridized carbons (Fsp3) is 0.800. The van der Waals surface area contributed by atoms with Gasteiger partial charge in [0.2, 0.25) is 6.29 Å². The molecule has 0 N–H and O–H groups in total. The molecule has 0 spiro atoms. The highest BCUT2D eigenvalue weighted by Crippen LogP contribution is 2.20. The molecule has 1 fully saturated rings. The summed E-state index contributed by atoms with van der Waals surface area (Å²) in [5, 5.41) is 0. The quantitative estimate of drug-likeness (QED) is 0.529. The van der Waals surface area contributed by atoms with Crippen molar-refractivity contribution in [2.24, 2.45) is 0 Å². The normalized spacial score (nSPS) is 19.0. The van der Waals surface area contributed by atoms with Crippen LogP contribution in [0.5, 0.6) is 0 Å². The zero-order valence-electron chi connectivity index (χ0n) is 8.73. The number of carbonyl (C=O) groups is 1. The van der Waals surface area contributed by atoms with Gasteiger partial charge in [-0.15, -0.1) is 0 Å². The van der Waals surface area contributed by atoms with Crippen molar-refractivity contribution in [3.63, 3.8) is 0 Å². The van der Waals surface area contributed by atoms with Gasteiger partial charge < -0.3 is 14.2 Å². The van der Waals surface area contributed by atoms with Crippen molar-refractivity contribution in [1.29, 1.82) is 0 Å². The Morgan fingerprint density at radius 1 is 1.33 bits per heavy atom. The molecule has 1 saturated carbocycles. The van der Waals surface area contributed by atoms with Crippen LogP contribution in [0.15, 0.2) is 0 Å². The van der Waals surface area contributed by atoms with E-state index in [4.69, 9.17) is 4.74 Å². The van der Waals surface area contributed by atoms with Crippen molar-refractivity contribution in [3.8, 4) is 0 Å². The summed E-state index contributed by atoms with van der Waals surface area (Å²) in [5.41, 5.74) is 0. The minimum absolute atomic E-state index is 0.0568. The van der Waals surface area contributed by atoms with Crippen molar-refractivity contribution in [1.82, 2.24) is 0 Å². The van der Waals surface area contributed by atoms with E-state index < -0.39 is 12.4 Å². The lowest BCUT2D eigenvalue weighted by molar-refractivity contribution is -0.0744. The van der Waals surface area contributed by atoms with Crippen LogP contribution in [0.4, 0.5) is 4.79 Å². The molecular weight excluding hydrogens is 200 g/mol. The molecule has 85 valence electrons. The zero-order valence-corrected chi connectivity index (χ0v) is 8.73. The van der Waals surface area contributed by atoms with Gasteiger partial charge in [0.05, 0.1) is 0 Å². The Morgan fingerprint density at radius 2 is 2.00 bits per heavy atom. The van der Waals surface area contributed by atoms with E-state index in [0.717, 1.165) is 25.7 Å². The Hall–Kier alpha value is -1.26. The molecule has 0 bridgehead atoms. The third kappa shape index (κ3) is 4.67. The van der Waals surface area contributed by atoms with Gasteiger partial charge >= 0.3 is 12.6 Å². The van der Waals surface area contributed by atoms with E-state index in [0.29, 0.717) is 0 Å². The first-order valence-electron chi connectivity index (χ1n) is 5.12. The molecule has 0 amide bonds. The smallest absolute Gasteiger partial charge is 0.431 e. The Morgan fingerprint density at radius 3 is 2.60 bits per heavy atom. The fourth-order valence-corrected chi connectivity index (χ4v) is 1.57. The van der Waals surface area contributed by atoms with Crippen molar-refractivity contribution in [2.45, 2.75) is 51.4 Å². The SMILES string of the molecule is CC(O[C]=O)OC(=O)OC1CCCCC1. The molecule has 5 nitrogen and oxygen atoms in total. The second-order valence-electron chi connectivity index (χ2n) is 3.51. The molecule has 1 atom stereocenters. The second-order valence-corrected chi connectivity index (χ2v) is 3.51. The molecule has 0 saturated heterocycles. The minimum atomic E-state index is -0.946. The highest BCUT2D eigenvalue weighted by molar-refractivity contribution is 5.60. The molecule has 1 aliphatic carbocycles. The summed E-state index contributed by atoms with van der Waals surface area (Å²) in [6.07, 6.45) is 3.31. The number of carbonyl (C=O) groups excluding carboxylic acids is 2. The van der Waals surface area contributed by atoms with Crippen molar-refractivity contribution in [2.75, 3.05) is 0 Å². The molecule has 0 aliphatic heterocycles. The van der Waals surface area contributed by atoms with E-state index in [1.165, 1.54) is 19.8 Å². The van der Waals surface area contributed by atoms with Crippen molar-refractivity contribution in [3.05, 3.63) is 0 Å². The fourth-order valence-electron chi connectivity index (χ4n) is 1.57. The monoisotopic (exact) mass is 215 g/mol. The van der Waals surface area contributed by atoms with E-state index in [1.807, 2.05) is 0 Å². The van der Waals surface area contributed by atoms with Crippen LogP contribution in [-0.2, 0) is 19.0 Å². The van der Waals surface area contributed by atoms with Crippen molar-refractivity contribution < 1.29 is 23.8 Å². The van der Waals surface area contributed by atoms with Crippen LogP contribution in [0.25, 0.3) is 0 Å². The number of ether oxygens (including phenoxy) is 3. The highest BCUT2D eigenvalue weighted by atomic mass is 16.8. The van der Waals surface area contributed by atoms with E-state index in [-0.39, 0.29) is 6.10 Å². The molecule has 5 heteroatoms. The lowest BCUT2D eigenvalue weighted by Gasteiger charge is -2.21. The minimum Gasteiger partial charge on any atom is -0.431 e. The maximum atomic E-state index is 11.1. The molecule has 1 unspecified atom stereocenters. The Kier molecular flexibility index (Phi) is 4.93. The maximum absolute atomic E-state index is 11.1. The lowest BCUT2D eigenvalue weighted by Crippen LogP contribution is -2.25. The second kappa shape index (κ2) is 6.27. The van der Waals surface area contributed by atoms with Gasteiger partial charge in [0.1, 0.15) is 6.10 Å². The van der Waals surface area contributed by atoms with Crippen LogP contribution in [0.2, 0.25) is 0 Å². The Balaban J connectivity index is 2.19. The first-order chi connectivity index (χ1) is 7.22. The Bertz CT molecular complexity index is 210. The van der Waals surface area contributed by atoms with Crippen LogP contribution in [0, 0.1) is 0 Å². The van der Waals surface area contributed by atoms with Crippen LogP contribution in [-0.4, -0.2) is 25.0 Å². The summed E-state index contributed by atoms with van der Waals surface area (Å²) in [5.74, 6) is 0. The predicted octanol–water partition coefficient (Wildman–Crippen LogP) is 1.90. The van der Waals surface area contributed by atoms with E-state index >= 15 is 0 Å². The topological polar surface area (TPSA) is 61.8 Å². The molecular formula is C10H15O5. The summed E-state index contributed by atoms with van der Waals surface area (Å²) in [4.78, 5) is 20.9. The van der Waals surface area contributed by atoms with Gasteiger partial charge in [-0.3, -0.25) is 0 Å². The third-order valence-electron chi connectivity index (χ3n) is 2.29. The molecule has 1 aliphatic rings. The lowest BCUT2D eigenvalue weighted by atomic mass is 9.98. The summed E-state index contributed by atoms with van der Waals surface area (Å²) >= 11 is 0. The average Bonchev–Trinajstić information content (AvgIpc) is 2.19. The summed E-state index contributed by atoms with van der Waals surface area (Å²) in [7, 11) is 0. The van der Waals surface area contributed by atoms with Crippen LogP contribution in [0.3, 0.4) is 0 Å². The summed E-state index contributed by atoms with van der Waals surface area (Å²) < 4.78 is 14.0. The first-order valence-corrected chi connectivity index (χ1v) is 5.12. The first kappa shape index (κ1) is 11.8. The van der Waals surface area contributed by atoms with Gasteiger partial charge in [-0.25, -0.2) is 9.59 Å². The zero-order chi connectivity index (χ0) is 11.1. The Labute approximate surface area is 88.7 Å². The summed E-state index contributed by atoms with van der Waals surface area (Å²) in [6, 6.07) is 0. The van der Waals surface area contributed by atoms with Gasteiger partial charge in [-0.1, -0.05) is 6.42 Å². The molecule has 0 aromatic rings.